The molecule has 2 aromatic carbocycles. The summed E-state index contributed by atoms with van der Waals surface area (Å²) in [7, 11) is 0. The third-order valence-corrected chi connectivity index (χ3v) is 4.33. The van der Waals surface area contributed by atoms with Crippen molar-refractivity contribution in [1.29, 1.82) is 0 Å². The van der Waals surface area contributed by atoms with Crippen LogP contribution in [0.3, 0.4) is 0 Å². The molecule has 1 atom stereocenters. The molecule has 1 N–H and O–H groups in total. The van der Waals surface area contributed by atoms with Gasteiger partial charge < -0.3 is 10.1 Å². The molecular weight excluding hydrogens is 326 g/mol. The zero-order valence-corrected chi connectivity index (χ0v) is 14.0. The Morgan fingerprint density at radius 3 is 2.17 bits per heavy atom. The van der Waals surface area contributed by atoms with E-state index >= 15 is 0 Å². The van der Waals surface area contributed by atoms with Crippen molar-refractivity contribution >= 4 is 22.9 Å². The molecule has 0 bridgehead atoms. The minimum Gasteiger partial charge on any atom is -0.449 e. The van der Waals surface area contributed by atoms with Crippen LogP contribution in [0.4, 0.5) is 4.79 Å². The van der Waals surface area contributed by atoms with Crippen molar-refractivity contribution in [2.45, 2.75) is 25.3 Å². The maximum absolute atomic E-state index is 11.9. The molecule has 4 nitrogen and oxygen atoms in total. The average Bonchev–Trinajstić information content (AvgIpc) is 2.86. The molecule has 3 rings (SSSR count). The summed E-state index contributed by atoms with van der Waals surface area (Å²) in [6, 6.07) is 16.0. The van der Waals surface area contributed by atoms with Crippen molar-refractivity contribution in [1.82, 2.24) is 5.32 Å². The number of amides is 1. The highest BCUT2D eigenvalue weighted by Crippen LogP contribution is 2.44. The van der Waals surface area contributed by atoms with Crippen LogP contribution in [0.15, 0.2) is 48.5 Å². The number of rotatable bonds is 5. The lowest BCUT2D eigenvalue weighted by Gasteiger charge is -2.16. The third kappa shape index (κ3) is 3.44. The van der Waals surface area contributed by atoms with Crippen molar-refractivity contribution in [3.8, 4) is 11.1 Å². The predicted octanol–water partition coefficient (Wildman–Crippen LogP) is 4.07. The molecule has 2 aromatic rings. The largest absolute Gasteiger partial charge is 0.449 e. The Kier molecular flexibility index (Phi) is 4.86. The Morgan fingerprint density at radius 1 is 1.08 bits per heavy atom. The first-order valence-corrected chi connectivity index (χ1v) is 8.24. The average molecular weight is 344 g/mol. The van der Waals surface area contributed by atoms with Gasteiger partial charge in [-0.2, -0.15) is 0 Å². The van der Waals surface area contributed by atoms with Gasteiger partial charge in [0.2, 0.25) is 5.24 Å². The van der Waals surface area contributed by atoms with Gasteiger partial charge in [-0.3, -0.25) is 4.79 Å². The SMILES string of the molecule is C[C@@H](CC(=O)Cl)NC(=O)OCC1c2ccccc2-c2ccccc21. The quantitative estimate of drug-likeness (QED) is 0.832. The monoisotopic (exact) mass is 343 g/mol. The number of halogens is 1. The van der Waals surface area contributed by atoms with Gasteiger partial charge in [0, 0.05) is 18.4 Å². The molecular formula is C19H18ClNO3. The summed E-state index contributed by atoms with van der Waals surface area (Å²) >= 11 is 5.32. The van der Waals surface area contributed by atoms with Gasteiger partial charge in [0.1, 0.15) is 6.61 Å². The van der Waals surface area contributed by atoms with Gasteiger partial charge >= 0.3 is 6.09 Å². The standard InChI is InChI=1S/C19H18ClNO3/c1-12(10-18(20)22)21-19(23)24-11-17-15-8-4-2-6-13(15)14-7-3-5-9-16(14)17/h2-9,12,17H,10-11H2,1H3,(H,21,23)/t12-/m0/s1. The lowest BCUT2D eigenvalue weighted by molar-refractivity contribution is -0.112. The molecule has 24 heavy (non-hydrogen) atoms. The molecule has 0 saturated heterocycles. The van der Waals surface area contributed by atoms with E-state index < -0.39 is 11.3 Å². The van der Waals surface area contributed by atoms with Crippen LogP contribution in [0.5, 0.6) is 0 Å². The number of benzene rings is 2. The summed E-state index contributed by atoms with van der Waals surface area (Å²) < 4.78 is 5.39. The van der Waals surface area contributed by atoms with E-state index in [1.54, 1.807) is 6.92 Å². The van der Waals surface area contributed by atoms with Crippen LogP contribution in [-0.2, 0) is 9.53 Å². The van der Waals surface area contributed by atoms with E-state index in [4.69, 9.17) is 16.3 Å². The van der Waals surface area contributed by atoms with Gasteiger partial charge in [0.25, 0.3) is 0 Å². The molecule has 0 unspecified atom stereocenters. The van der Waals surface area contributed by atoms with Gasteiger partial charge in [0.15, 0.2) is 0 Å². The number of hydrogen-bond donors (Lipinski definition) is 1. The van der Waals surface area contributed by atoms with E-state index in [0.717, 1.165) is 11.1 Å². The second-order valence-corrected chi connectivity index (χ2v) is 6.35. The molecule has 124 valence electrons. The third-order valence-electron chi connectivity index (χ3n) is 4.17. The van der Waals surface area contributed by atoms with E-state index in [9.17, 15) is 9.59 Å². The van der Waals surface area contributed by atoms with Crippen molar-refractivity contribution in [2.75, 3.05) is 6.61 Å². The molecule has 1 amide bonds. The minimum atomic E-state index is -0.540. The van der Waals surface area contributed by atoms with Crippen molar-refractivity contribution in [3.05, 3.63) is 59.7 Å². The van der Waals surface area contributed by atoms with Crippen LogP contribution in [-0.4, -0.2) is 24.0 Å². The number of hydrogen-bond acceptors (Lipinski definition) is 3. The molecule has 0 saturated carbocycles. The second-order valence-electron chi connectivity index (χ2n) is 5.93. The van der Waals surface area contributed by atoms with Gasteiger partial charge in [0.05, 0.1) is 0 Å². The molecule has 5 heteroatoms. The second kappa shape index (κ2) is 7.05. The van der Waals surface area contributed by atoms with Crippen LogP contribution in [0.25, 0.3) is 11.1 Å². The Labute approximate surface area is 145 Å². The van der Waals surface area contributed by atoms with Gasteiger partial charge in [-0.25, -0.2) is 4.79 Å². The number of ether oxygens (including phenoxy) is 1. The molecule has 1 aliphatic carbocycles. The van der Waals surface area contributed by atoms with E-state index in [0.29, 0.717) is 0 Å². The fourth-order valence-electron chi connectivity index (χ4n) is 3.13. The molecule has 0 aromatic heterocycles. The lowest BCUT2D eigenvalue weighted by Crippen LogP contribution is -2.34. The van der Waals surface area contributed by atoms with Gasteiger partial charge in [-0.05, 0) is 40.8 Å². The number of alkyl carbamates (subject to hydrolysis) is 1. The fraction of sp³-hybridized carbons (Fsp3) is 0.263. The van der Waals surface area contributed by atoms with Crippen LogP contribution < -0.4 is 5.32 Å². The summed E-state index contributed by atoms with van der Waals surface area (Å²) in [6.07, 6.45) is -0.464. The van der Waals surface area contributed by atoms with Crippen LogP contribution >= 0.6 is 11.6 Å². The molecule has 0 heterocycles. The van der Waals surface area contributed by atoms with Crippen LogP contribution in [0, 0.1) is 0 Å². The molecule has 0 radical (unpaired) electrons. The Hall–Kier alpha value is -2.33. The molecule has 0 aliphatic heterocycles. The number of nitrogens with one attached hydrogen (secondary N) is 1. The number of carbonyl (C=O) groups excluding carboxylic acids is 2. The fourth-order valence-corrected chi connectivity index (χ4v) is 3.36. The first-order chi connectivity index (χ1) is 11.6. The Balaban J connectivity index is 1.69. The number of carbonyl (C=O) groups is 2. The Bertz CT molecular complexity index is 729. The van der Waals surface area contributed by atoms with Crippen molar-refractivity contribution in [2.24, 2.45) is 0 Å². The molecule has 0 fully saturated rings. The maximum atomic E-state index is 11.9. The predicted molar refractivity (Wildman–Crippen MR) is 93.1 cm³/mol. The smallest absolute Gasteiger partial charge is 0.407 e. The van der Waals surface area contributed by atoms with Gasteiger partial charge in [-0.15, -0.1) is 0 Å². The highest BCUT2D eigenvalue weighted by Gasteiger charge is 2.29. The zero-order chi connectivity index (χ0) is 17.1. The van der Waals surface area contributed by atoms with E-state index in [-0.39, 0.29) is 25.0 Å². The first-order valence-electron chi connectivity index (χ1n) is 7.86. The summed E-state index contributed by atoms with van der Waals surface area (Å²) in [5.74, 6) is 0.0214. The van der Waals surface area contributed by atoms with Crippen LogP contribution in [0.1, 0.15) is 30.4 Å². The molecule has 0 spiro atoms. The highest BCUT2D eigenvalue weighted by atomic mass is 35.5. The highest BCUT2D eigenvalue weighted by molar-refractivity contribution is 6.63. The van der Waals surface area contributed by atoms with Crippen LogP contribution in [0.2, 0.25) is 0 Å². The topological polar surface area (TPSA) is 55.4 Å². The number of fused-ring (bicyclic) bond motifs is 3. The zero-order valence-electron chi connectivity index (χ0n) is 13.3. The summed E-state index contributed by atoms with van der Waals surface area (Å²) in [6.45, 7) is 1.96. The maximum Gasteiger partial charge on any atom is 0.407 e. The van der Waals surface area contributed by atoms with E-state index in [1.165, 1.54) is 11.1 Å². The van der Waals surface area contributed by atoms with Crippen molar-refractivity contribution in [3.63, 3.8) is 0 Å². The molecule has 1 aliphatic rings. The summed E-state index contributed by atoms with van der Waals surface area (Å²) in [4.78, 5) is 22.8. The lowest BCUT2D eigenvalue weighted by atomic mass is 9.98. The summed E-state index contributed by atoms with van der Waals surface area (Å²) in [5, 5.41) is 2.13. The van der Waals surface area contributed by atoms with E-state index in [1.807, 2.05) is 24.3 Å². The van der Waals surface area contributed by atoms with E-state index in [2.05, 4.69) is 29.6 Å². The Morgan fingerprint density at radius 2 is 1.62 bits per heavy atom. The minimum absolute atomic E-state index is 0.0214. The normalized spacial score (nSPS) is 13.8. The van der Waals surface area contributed by atoms with Crippen molar-refractivity contribution < 1.29 is 14.3 Å². The van der Waals surface area contributed by atoms with Gasteiger partial charge in [-0.1, -0.05) is 48.5 Å². The summed E-state index contributed by atoms with van der Waals surface area (Å²) in [5.41, 5.74) is 4.69. The first kappa shape index (κ1) is 16.5.